The minimum absolute atomic E-state index is 0.574. The summed E-state index contributed by atoms with van der Waals surface area (Å²) in [4.78, 5) is 15.8. The molecule has 12 rings (SSSR count). The molecule has 3 aromatic heterocycles. The van der Waals surface area contributed by atoms with Crippen LogP contribution in [0.3, 0.4) is 0 Å². The molecule has 3 heterocycles. The molecule has 0 aliphatic heterocycles. The molecule has 0 saturated carbocycles. The predicted octanol–water partition coefficient (Wildman–Crippen LogP) is 16.1. The maximum atomic E-state index is 6.63. The topological polar surface area (TPSA) is 56.7 Å². The monoisotopic (exact) mass is 848 g/mol. The quantitative estimate of drug-likeness (QED) is 0.160. The largest absolute Gasteiger partial charge is 0.455 e. The van der Waals surface area contributed by atoms with E-state index in [-0.39, 0.29) is 0 Å². The first-order valence-electron chi connectivity index (χ1n) is 22.5. The van der Waals surface area contributed by atoms with Crippen LogP contribution < -0.4 is 0 Å². The average molecular weight is 849 g/mol. The van der Waals surface area contributed by atoms with Crippen molar-refractivity contribution in [2.75, 3.05) is 0 Å². The first-order valence-corrected chi connectivity index (χ1v) is 22.5. The van der Waals surface area contributed by atoms with Crippen molar-refractivity contribution >= 4 is 43.7 Å². The normalized spacial score (nSPS) is 11.6. The third kappa shape index (κ3) is 6.67. The van der Waals surface area contributed by atoms with Crippen LogP contribution in [0.4, 0.5) is 0 Å². The standard InChI is InChI=1S/C61H44N4O/c1-37-22-27-46(39(3)32-37)43-24-29-54-51(34-43)52-35-44(47-28-23-38(2)33-40(47)4)25-30-55(52)65(54)56-31-26-45(48-19-13-20-50-49-18-11-12-21-57(49)66-58(48)50)36-53(56)61-63-59(41-14-7-5-8-15-41)62-60(64-61)42-16-9-6-10-17-42/h5-36H,1-4H3. The number of rotatable bonds is 7. The second kappa shape index (κ2) is 15.7. The van der Waals surface area contributed by atoms with E-state index < -0.39 is 0 Å². The Morgan fingerprint density at radius 3 is 1.45 bits per heavy atom. The summed E-state index contributed by atoms with van der Waals surface area (Å²) in [5.74, 6) is 1.78. The van der Waals surface area contributed by atoms with Crippen molar-refractivity contribution in [3.05, 3.63) is 216 Å². The second-order valence-electron chi connectivity index (χ2n) is 17.5. The summed E-state index contributed by atoms with van der Waals surface area (Å²) in [5.41, 5.74) is 19.4. The lowest BCUT2D eigenvalue weighted by atomic mass is 9.95. The first kappa shape index (κ1) is 39.2. The number of nitrogens with zero attached hydrogens (tertiary/aromatic N) is 4. The molecule has 0 N–H and O–H groups in total. The molecule has 12 aromatic rings. The van der Waals surface area contributed by atoms with Crippen molar-refractivity contribution < 1.29 is 4.42 Å². The van der Waals surface area contributed by atoms with Crippen molar-refractivity contribution in [2.45, 2.75) is 27.7 Å². The molecular formula is C61H44N4O. The SMILES string of the molecule is Cc1ccc(-c2ccc3c(c2)c2cc(-c4ccc(C)cc4C)ccc2n3-c2ccc(-c3cccc4c3oc3ccccc34)cc2-c2nc(-c3ccccc3)nc(-c3ccccc3)n2)c(C)c1. The van der Waals surface area contributed by atoms with Gasteiger partial charge in [-0.15, -0.1) is 0 Å². The maximum absolute atomic E-state index is 6.63. The minimum atomic E-state index is 0.574. The van der Waals surface area contributed by atoms with E-state index >= 15 is 0 Å². The summed E-state index contributed by atoms with van der Waals surface area (Å²) in [7, 11) is 0. The number of hydrogen-bond acceptors (Lipinski definition) is 4. The number of para-hydroxylation sites is 2. The molecule has 5 nitrogen and oxygen atoms in total. The van der Waals surface area contributed by atoms with Crippen molar-refractivity contribution in [1.29, 1.82) is 0 Å². The molecule has 314 valence electrons. The van der Waals surface area contributed by atoms with Crippen LogP contribution in [0.5, 0.6) is 0 Å². The van der Waals surface area contributed by atoms with E-state index in [9.17, 15) is 0 Å². The molecule has 0 unspecified atom stereocenters. The third-order valence-electron chi connectivity index (χ3n) is 13.0. The zero-order valence-electron chi connectivity index (χ0n) is 37.2. The van der Waals surface area contributed by atoms with Gasteiger partial charge in [-0.3, -0.25) is 0 Å². The lowest BCUT2D eigenvalue weighted by molar-refractivity contribution is 0.670. The number of hydrogen-bond donors (Lipinski definition) is 0. The Hall–Kier alpha value is -8.41. The fourth-order valence-corrected chi connectivity index (χ4v) is 9.87. The molecule has 5 heteroatoms. The van der Waals surface area contributed by atoms with Gasteiger partial charge >= 0.3 is 0 Å². The van der Waals surface area contributed by atoms with Crippen LogP contribution in [0.2, 0.25) is 0 Å². The van der Waals surface area contributed by atoms with Gasteiger partial charge in [0.15, 0.2) is 17.5 Å². The van der Waals surface area contributed by atoms with Crippen molar-refractivity contribution in [3.63, 3.8) is 0 Å². The van der Waals surface area contributed by atoms with Gasteiger partial charge in [0.1, 0.15) is 11.2 Å². The summed E-state index contributed by atoms with van der Waals surface area (Å²) in [5, 5.41) is 4.51. The van der Waals surface area contributed by atoms with E-state index in [0.717, 1.165) is 66.5 Å². The first-order chi connectivity index (χ1) is 32.3. The Kier molecular flexibility index (Phi) is 9.32. The number of furan rings is 1. The van der Waals surface area contributed by atoms with Gasteiger partial charge in [0.2, 0.25) is 0 Å². The Balaban J connectivity index is 1.16. The lowest BCUT2D eigenvalue weighted by Crippen LogP contribution is -2.04. The van der Waals surface area contributed by atoms with Gasteiger partial charge in [-0.2, -0.15) is 0 Å². The molecule has 66 heavy (non-hydrogen) atoms. The zero-order valence-corrected chi connectivity index (χ0v) is 37.2. The number of aryl methyl sites for hydroxylation is 4. The van der Waals surface area contributed by atoms with Crippen molar-refractivity contribution in [3.8, 4) is 73.2 Å². The van der Waals surface area contributed by atoms with Crippen LogP contribution in [0.15, 0.2) is 199 Å². The van der Waals surface area contributed by atoms with Crippen molar-refractivity contribution in [2.24, 2.45) is 0 Å². The predicted molar refractivity (Wildman–Crippen MR) is 273 cm³/mol. The smallest absolute Gasteiger partial charge is 0.166 e. The van der Waals surface area contributed by atoms with E-state index in [4.69, 9.17) is 19.4 Å². The molecular weight excluding hydrogens is 805 g/mol. The lowest BCUT2D eigenvalue weighted by Gasteiger charge is -2.17. The third-order valence-corrected chi connectivity index (χ3v) is 13.0. The number of fused-ring (bicyclic) bond motifs is 6. The zero-order chi connectivity index (χ0) is 44.5. The fraction of sp³-hybridized carbons (Fsp3) is 0.0656. The number of aromatic nitrogens is 4. The van der Waals surface area contributed by atoms with Crippen LogP contribution in [0.25, 0.3) is 117 Å². The Morgan fingerprint density at radius 2 is 0.864 bits per heavy atom. The molecule has 0 spiro atoms. The van der Waals surface area contributed by atoms with E-state index in [1.54, 1.807) is 0 Å². The van der Waals surface area contributed by atoms with E-state index in [2.05, 4.69) is 178 Å². The van der Waals surface area contributed by atoms with Crippen LogP contribution in [0, 0.1) is 27.7 Å². The minimum Gasteiger partial charge on any atom is -0.455 e. The van der Waals surface area contributed by atoms with Crippen LogP contribution in [0.1, 0.15) is 22.3 Å². The molecule has 0 saturated heterocycles. The van der Waals surface area contributed by atoms with Crippen LogP contribution in [-0.4, -0.2) is 19.5 Å². The van der Waals surface area contributed by atoms with Gasteiger partial charge < -0.3 is 8.98 Å². The summed E-state index contributed by atoms with van der Waals surface area (Å²) < 4.78 is 9.03. The second-order valence-corrected chi connectivity index (χ2v) is 17.5. The van der Waals surface area contributed by atoms with E-state index in [1.165, 1.54) is 55.3 Å². The highest BCUT2D eigenvalue weighted by molar-refractivity contribution is 6.13. The molecule has 0 aliphatic rings. The highest BCUT2D eigenvalue weighted by Gasteiger charge is 2.23. The average Bonchev–Trinajstić information content (AvgIpc) is 3.89. The Labute approximate surface area is 383 Å². The van der Waals surface area contributed by atoms with Crippen LogP contribution >= 0.6 is 0 Å². The van der Waals surface area contributed by atoms with Gasteiger partial charge in [-0.25, -0.2) is 15.0 Å². The molecule has 0 radical (unpaired) electrons. The summed E-state index contributed by atoms with van der Waals surface area (Å²) in [6.45, 7) is 8.71. The highest BCUT2D eigenvalue weighted by atomic mass is 16.3. The van der Waals surface area contributed by atoms with Gasteiger partial charge in [-0.05, 0) is 109 Å². The molecule has 0 amide bonds. The molecule has 9 aromatic carbocycles. The number of benzene rings is 9. The summed E-state index contributed by atoms with van der Waals surface area (Å²) >= 11 is 0. The van der Waals surface area contributed by atoms with E-state index in [0.29, 0.717) is 17.5 Å². The van der Waals surface area contributed by atoms with Gasteiger partial charge in [0.05, 0.1) is 16.7 Å². The van der Waals surface area contributed by atoms with Gasteiger partial charge in [0.25, 0.3) is 0 Å². The molecule has 0 fully saturated rings. The summed E-state index contributed by atoms with van der Waals surface area (Å²) in [6.07, 6.45) is 0. The van der Waals surface area contributed by atoms with E-state index in [1.807, 2.05) is 48.5 Å². The van der Waals surface area contributed by atoms with Crippen molar-refractivity contribution in [1.82, 2.24) is 19.5 Å². The Bertz CT molecular complexity index is 3700. The summed E-state index contributed by atoms with van der Waals surface area (Å²) in [6, 6.07) is 69.0. The molecule has 0 atom stereocenters. The fourth-order valence-electron chi connectivity index (χ4n) is 9.87. The van der Waals surface area contributed by atoms with Crippen LogP contribution in [-0.2, 0) is 0 Å². The molecule has 0 aliphatic carbocycles. The Morgan fingerprint density at radius 1 is 0.348 bits per heavy atom. The maximum Gasteiger partial charge on any atom is 0.166 e. The molecule has 0 bridgehead atoms. The highest BCUT2D eigenvalue weighted by Crippen LogP contribution is 2.43. The van der Waals surface area contributed by atoms with Gasteiger partial charge in [-0.1, -0.05) is 163 Å². The van der Waals surface area contributed by atoms with Gasteiger partial charge in [0, 0.05) is 43.8 Å².